The second-order valence-corrected chi connectivity index (χ2v) is 8.89. The molecule has 35 heavy (non-hydrogen) atoms. The van der Waals surface area contributed by atoms with Gasteiger partial charge in [0, 0.05) is 0 Å². The van der Waals surface area contributed by atoms with Gasteiger partial charge in [0.25, 0.3) is 0 Å². The zero-order chi connectivity index (χ0) is 24.9. The third-order valence-corrected chi connectivity index (χ3v) is 5.68. The standard InChI is InChI=1S/C35H50/c1-2-3-4-5-6-7-8-9-10-11-12-13-14-15-16-17-18-19-20-21-22-23-24-25-26-27-29-32-35-33-30-28-31-34-35/h2-3,6-7,10-11,14-15,18-19,22-23,26-28,30-31,33-34H,4-5,8-9,12-13,16-17,20-21,24-25,29,32H2,1H3/b3-2+,7-6+,11-10+,15-14+,19-18+,23-22+,27-26+. The molecule has 0 heterocycles. The van der Waals surface area contributed by atoms with Crippen LogP contribution < -0.4 is 0 Å². The van der Waals surface area contributed by atoms with E-state index in [1.165, 1.54) is 12.0 Å². The van der Waals surface area contributed by atoms with Gasteiger partial charge in [-0.25, -0.2) is 0 Å². The van der Waals surface area contributed by atoms with Gasteiger partial charge in [-0.1, -0.05) is 115 Å². The monoisotopic (exact) mass is 470 g/mol. The summed E-state index contributed by atoms with van der Waals surface area (Å²) in [5, 5.41) is 0. The van der Waals surface area contributed by atoms with Crippen molar-refractivity contribution in [2.24, 2.45) is 0 Å². The summed E-state index contributed by atoms with van der Waals surface area (Å²) in [6, 6.07) is 10.7. The third kappa shape index (κ3) is 22.9. The summed E-state index contributed by atoms with van der Waals surface area (Å²) in [7, 11) is 0. The predicted molar refractivity (Wildman–Crippen MR) is 160 cm³/mol. The molecule has 0 aromatic heterocycles. The third-order valence-electron chi connectivity index (χ3n) is 5.68. The second kappa shape index (κ2) is 26.0. The van der Waals surface area contributed by atoms with Gasteiger partial charge in [-0.2, -0.15) is 0 Å². The van der Waals surface area contributed by atoms with Gasteiger partial charge in [-0.05, 0) is 102 Å². The molecule has 0 aliphatic heterocycles. The maximum Gasteiger partial charge on any atom is -0.0244 e. The van der Waals surface area contributed by atoms with Gasteiger partial charge in [0.1, 0.15) is 0 Å². The summed E-state index contributed by atoms with van der Waals surface area (Å²) in [5.74, 6) is 0. The Balaban J connectivity index is 1.85. The quantitative estimate of drug-likeness (QED) is 0.124. The van der Waals surface area contributed by atoms with Crippen molar-refractivity contribution in [3.63, 3.8) is 0 Å². The molecule has 0 N–H and O–H groups in total. The lowest BCUT2D eigenvalue weighted by molar-refractivity contribution is 0.963. The number of benzene rings is 1. The largest absolute Gasteiger partial charge is 0.0917 e. The van der Waals surface area contributed by atoms with Crippen molar-refractivity contribution in [2.45, 2.75) is 96.8 Å². The van der Waals surface area contributed by atoms with Crippen LogP contribution in [0, 0.1) is 0 Å². The lowest BCUT2D eigenvalue weighted by Gasteiger charge is -1.96. The zero-order valence-electron chi connectivity index (χ0n) is 22.4. The van der Waals surface area contributed by atoms with Crippen LogP contribution in [0.15, 0.2) is 115 Å². The maximum atomic E-state index is 2.33. The lowest BCUT2D eigenvalue weighted by atomic mass is 10.1. The van der Waals surface area contributed by atoms with Gasteiger partial charge >= 0.3 is 0 Å². The zero-order valence-corrected chi connectivity index (χ0v) is 22.4. The number of hydrogen-bond donors (Lipinski definition) is 0. The van der Waals surface area contributed by atoms with E-state index >= 15 is 0 Å². The van der Waals surface area contributed by atoms with Crippen LogP contribution in [0.25, 0.3) is 0 Å². The fourth-order valence-electron chi connectivity index (χ4n) is 3.63. The van der Waals surface area contributed by atoms with E-state index in [1.807, 2.05) is 0 Å². The number of allylic oxidation sites excluding steroid dienone is 14. The molecular weight excluding hydrogens is 420 g/mol. The minimum atomic E-state index is 1.14. The summed E-state index contributed by atoms with van der Waals surface area (Å²) in [6.07, 6.45) is 48.4. The van der Waals surface area contributed by atoms with E-state index < -0.39 is 0 Å². The number of aryl methyl sites for hydroxylation is 1. The minimum Gasteiger partial charge on any atom is -0.0917 e. The normalized spacial score (nSPS) is 12.9. The molecule has 190 valence electrons. The highest BCUT2D eigenvalue weighted by atomic mass is 13.9. The van der Waals surface area contributed by atoms with Gasteiger partial charge in [-0.15, -0.1) is 0 Å². The highest BCUT2D eigenvalue weighted by molar-refractivity contribution is 5.15. The molecule has 1 aromatic rings. The molecule has 0 unspecified atom stereocenters. The Morgan fingerprint density at radius 1 is 0.371 bits per heavy atom. The van der Waals surface area contributed by atoms with Crippen LogP contribution in [0.5, 0.6) is 0 Å². The first-order valence-corrected chi connectivity index (χ1v) is 14.0. The molecule has 0 amide bonds. The molecule has 0 saturated heterocycles. The first kappa shape index (κ1) is 30.4. The highest BCUT2D eigenvalue weighted by Crippen LogP contribution is 2.05. The van der Waals surface area contributed by atoms with Crippen molar-refractivity contribution in [1.29, 1.82) is 0 Å². The van der Waals surface area contributed by atoms with Crippen molar-refractivity contribution in [2.75, 3.05) is 0 Å². The summed E-state index contributed by atoms with van der Waals surface area (Å²) >= 11 is 0. The van der Waals surface area contributed by atoms with Crippen molar-refractivity contribution in [1.82, 2.24) is 0 Å². The van der Waals surface area contributed by atoms with E-state index in [9.17, 15) is 0 Å². The Bertz CT molecular complexity index is 768. The molecule has 1 rings (SSSR count). The predicted octanol–water partition coefficient (Wildman–Crippen LogP) is 11.2. The van der Waals surface area contributed by atoms with Gasteiger partial charge in [-0.3, -0.25) is 0 Å². The van der Waals surface area contributed by atoms with E-state index in [-0.39, 0.29) is 0 Å². The molecule has 0 aliphatic carbocycles. The van der Waals surface area contributed by atoms with Crippen molar-refractivity contribution >= 4 is 0 Å². The summed E-state index contributed by atoms with van der Waals surface area (Å²) in [4.78, 5) is 0. The van der Waals surface area contributed by atoms with Crippen LogP contribution in [-0.2, 0) is 6.42 Å². The molecule has 0 saturated carbocycles. The molecule has 0 nitrogen and oxygen atoms in total. The number of unbranched alkanes of at least 4 members (excludes halogenated alkanes) is 6. The number of hydrogen-bond acceptors (Lipinski definition) is 0. The summed E-state index contributed by atoms with van der Waals surface area (Å²) < 4.78 is 0. The lowest BCUT2D eigenvalue weighted by Crippen LogP contribution is -1.81. The van der Waals surface area contributed by atoms with Gasteiger partial charge in [0.15, 0.2) is 0 Å². The van der Waals surface area contributed by atoms with E-state index in [1.54, 1.807) is 0 Å². The van der Waals surface area contributed by atoms with Gasteiger partial charge < -0.3 is 0 Å². The maximum absolute atomic E-state index is 2.33. The second-order valence-electron chi connectivity index (χ2n) is 8.89. The average molecular weight is 471 g/mol. The van der Waals surface area contributed by atoms with Crippen LogP contribution in [0.4, 0.5) is 0 Å². The smallest absolute Gasteiger partial charge is 0.0244 e. The molecule has 0 spiro atoms. The van der Waals surface area contributed by atoms with Crippen LogP contribution in [0.2, 0.25) is 0 Å². The summed E-state index contributed by atoms with van der Waals surface area (Å²) in [6.45, 7) is 2.08. The molecule has 0 heteroatoms. The molecule has 0 bridgehead atoms. The van der Waals surface area contributed by atoms with E-state index in [4.69, 9.17) is 0 Å². The first-order chi connectivity index (χ1) is 17.4. The van der Waals surface area contributed by atoms with Crippen molar-refractivity contribution in [3.8, 4) is 0 Å². The number of rotatable bonds is 21. The van der Waals surface area contributed by atoms with Crippen molar-refractivity contribution < 1.29 is 0 Å². The fraction of sp³-hybridized carbons (Fsp3) is 0.429. The Hall–Kier alpha value is -2.60. The van der Waals surface area contributed by atoms with Crippen LogP contribution in [0.1, 0.15) is 96.0 Å². The van der Waals surface area contributed by atoms with Gasteiger partial charge in [0.05, 0.1) is 0 Å². The van der Waals surface area contributed by atoms with Crippen LogP contribution >= 0.6 is 0 Å². The molecule has 0 aliphatic rings. The van der Waals surface area contributed by atoms with Crippen LogP contribution in [-0.4, -0.2) is 0 Å². The highest BCUT2D eigenvalue weighted by Gasteiger charge is 1.88. The molecule has 0 radical (unpaired) electrons. The van der Waals surface area contributed by atoms with Gasteiger partial charge in [0.2, 0.25) is 0 Å². The molecule has 0 fully saturated rings. The average Bonchev–Trinajstić information content (AvgIpc) is 2.89. The summed E-state index contributed by atoms with van der Waals surface area (Å²) in [5.41, 5.74) is 1.43. The van der Waals surface area contributed by atoms with E-state index in [2.05, 4.69) is 122 Å². The SMILES string of the molecule is C/C=C/CC/C=C/CC/C=C/CC/C=C/CC/C=C/CC/C=C/CC/C=C/CCc1ccccc1. The fourth-order valence-corrected chi connectivity index (χ4v) is 3.63. The molecule has 0 atom stereocenters. The molecular formula is C35H50. The van der Waals surface area contributed by atoms with E-state index in [0.717, 1.165) is 83.5 Å². The Labute approximate surface area is 217 Å². The minimum absolute atomic E-state index is 1.14. The first-order valence-electron chi connectivity index (χ1n) is 14.0. The van der Waals surface area contributed by atoms with Crippen molar-refractivity contribution in [3.05, 3.63) is 121 Å². The molecule has 1 aromatic carbocycles. The van der Waals surface area contributed by atoms with Crippen LogP contribution in [0.3, 0.4) is 0 Å². The Morgan fingerprint density at radius 2 is 0.657 bits per heavy atom. The Morgan fingerprint density at radius 3 is 0.971 bits per heavy atom. The topological polar surface area (TPSA) is 0 Å². The van der Waals surface area contributed by atoms with E-state index in [0.29, 0.717) is 0 Å². The Kier molecular flexibility index (Phi) is 22.6.